The van der Waals surface area contributed by atoms with E-state index in [-0.39, 0.29) is 11.5 Å². The molecule has 3 N–H and O–H groups in total. The fourth-order valence-corrected chi connectivity index (χ4v) is 1.48. The Bertz CT molecular complexity index is 572. The maximum Gasteiger partial charge on any atom is 0.115 e. The minimum Gasteiger partial charge on any atom is -0.508 e. The maximum atomic E-state index is 9.21. The lowest BCUT2D eigenvalue weighted by Crippen LogP contribution is -2.00. The van der Waals surface area contributed by atoms with Crippen LogP contribution in [-0.2, 0) is 0 Å². The van der Waals surface area contributed by atoms with E-state index in [1.807, 2.05) is 0 Å². The van der Waals surface area contributed by atoms with Gasteiger partial charge < -0.3 is 15.6 Å². The molecule has 90 valence electrons. The molecule has 18 heavy (non-hydrogen) atoms. The summed E-state index contributed by atoms with van der Waals surface area (Å²) in [6, 6.07) is 12.9. The van der Waals surface area contributed by atoms with Gasteiger partial charge in [-0.3, -0.25) is 0 Å². The first kappa shape index (κ1) is 11.9. The van der Waals surface area contributed by atoms with Crippen molar-refractivity contribution < 1.29 is 10.2 Å². The lowest BCUT2D eigenvalue weighted by Gasteiger charge is -2.02. The van der Waals surface area contributed by atoms with Crippen LogP contribution in [-0.4, -0.2) is 22.1 Å². The molecule has 0 radical (unpaired) electrons. The van der Waals surface area contributed by atoms with Gasteiger partial charge in [0, 0.05) is 11.8 Å². The summed E-state index contributed by atoms with van der Waals surface area (Å²) >= 11 is 0. The molecular formula is C14H12N2O2. The molecule has 0 saturated carbocycles. The SMILES string of the molecule is N=CC(=Nc1ccc(O)cc1)c1ccc(O)cc1. The second-order valence-corrected chi connectivity index (χ2v) is 3.70. The lowest BCUT2D eigenvalue weighted by atomic mass is 10.1. The van der Waals surface area contributed by atoms with Crippen molar-refractivity contribution in [3.05, 3.63) is 54.1 Å². The van der Waals surface area contributed by atoms with Crippen molar-refractivity contribution >= 4 is 17.6 Å². The molecule has 0 saturated heterocycles. The van der Waals surface area contributed by atoms with Gasteiger partial charge in [-0.05, 0) is 48.5 Å². The van der Waals surface area contributed by atoms with Gasteiger partial charge in [-0.1, -0.05) is 0 Å². The summed E-state index contributed by atoms with van der Waals surface area (Å²) in [6.07, 6.45) is 1.15. The molecule has 2 aromatic carbocycles. The molecule has 4 heteroatoms. The van der Waals surface area contributed by atoms with Crippen LogP contribution in [0.2, 0.25) is 0 Å². The van der Waals surface area contributed by atoms with Crippen LogP contribution in [0.5, 0.6) is 11.5 Å². The van der Waals surface area contributed by atoms with Gasteiger partial charge in [0.05, 0.1) is 11.4 Å². The first-order valence-electron chi connectivity index (χ1n) is 5.36. The number of benzene rings is 2. The monoisotopic (exact) mass is 240 g/mol. The molecule has 2 rings (SSSR count). The largest absolute Gasteiger partial charge is 0.508 e. The number of phenols is 2. The second-order valence-electron chi connectivity index (χ2n) is 3.70. The average Bonchev–Trinajstić information content (AvgIpc) is 2.39. The van der Waals surface area contributed by atoms with Gasteiger partial charge in [0.1, 0.15) is 11.5 Å². The highest BCUT2D eigenvalue weighted by atomic mass is 16.3. The topological polar surface area (TPSA) is 76.7 Å². The van der Waals surface area contributed by atoms with Crippen molar-refractivity contribution in [2.75, 3.05) is 0 Å². The predicted octanol–water partition coefficient (Wildman–Crippen LogP) is 2.87. The van der Waals surface area contributed by atoms with E-state index in [0.29, 0.717) is 11.4 Å². The standard InChI is InChI=1S/C14H12N2O2/c15-9-14(10-1-5-12(17)6-2-10)16-11-3-7-13(18)8-4-11/h1-9,15,17-18H. The highest BCUT2D eigenvalue weighted by molar-refractivity contribution is 6.37. The third-order valence-electron chi connectivity index (χ3n) is 2.40. The van der Waals surface area contributed by atoms with Crippen LogP contribution >= 0.6 is 0 Å². The summed E-state index contributed by atoms with van der Waals surface area (Å²) in [5, 5.41) is 25.8. The Morgan fingerprint density at radius 3 is 1.89 bits per heavy atom. The van der Waals surface area contributed by atoms with Crippen molar-refractivity contribution in [2.45, 2.75) is 0 Å². The molecule has 2 aromatic rings. The highest BCUT2D eigenvalue weighted by Gasteiger charge is 2.01. The molecule has 0 amide bonds. The van der Waals surface area contributed by atoms with Crippen molar-refractivity contribution in [3.63, 3.8) is 0 Å². The average molecular weight is 240 g/mol. The number of hydrogen-bond acceptors (Lipinski definition) is 4. The number of aromatic hydroxyl groups is 2. The zero-order valence-corrected chi connectivity index (χ0v) is 9.54. The van der Waals surface area contributed by atoms with E-state index in [2.05, 4.69) is 4.99 Å². The van der Waals surface area contributed by atoms with Crippen LogP contribution in [0.3, 0.4) is 0 Å². The Morgan fingerprint density at radius 1 is 0.889 bits per heavy atom. The zero-order chi connectivity index (χ0) is 13.0. The molecule has 0 aliphatic heterocycles. The van der Waals surface area contributed by atoms with Gasteiger partial charge in [0.2, 0.25) is 0 Å². The Labute approximate surface area is 104 Å². The highest BCUT2D eigenvalue weighted by Crippen LogP contribution is 2.18. The third kappa shape index (κ3) is 2.74. The van der Waals surface area contributed by atoms with E-state index in [1.165, 1.54) is 12.1 Å². The number of nitrogens with zero attached hydrogens (tertiary/aromatic N) is 1. The van der Waals surface area contributed by atoms with Gasteiger partial charge in [-0.2, -0.15) is 0 Å². The summed E-state index contributed by atoms with van der Waals surface area (Å²) in [4.78, 5) is 4.30. The van der Waals surface area contributed by atoms with Crippen molar-refractivity contribution in [1.82, 2.24) is 0 Å². The van der Waals surface area contributed by atoms with Gasteiger partial charge >= 0.3 is 0 Å². The van der Waals surface area contributed by atoms with E-state index < -0.39 is 0 Å². The molecule has 4 nitrogen and oxygen atoms in total. The minimum absolute atomic E-state index is 0.174. The van der Waals surface area contributed by atoms with Gasteiger partial charge in [-0.25, -0.2) is 4.99 Å². The molecule has 0 aliphatic carbocycles. The first-order valence-corrected chi connectivity index (χ1v) is 5.36. The fourth-order valence-electron chi connectivity index (χ4n) is 1.48. The fraction of sp³-hybridized carbons (Fsp3) is 0. The summed E-state index contributed by atoms with van der Waals surface area (Å²) in [5.41, 5.74) is 1.89. The second kappa shape index (κ2) is 5.14. The van der Waals surface area contributed by atoms with Gasteiger partial charge in [0.15, 0.2) is 0 Å². The zero-order valence-electron chi connectivity index (χ0n) is 9.54. The smallest absolute Gasteiger partial charge is 0.115 e. The first-order chi connectivity index (χ1) is 8.69. The predicted molar refractivity (Wildman–Crippen MR) is 71.2 cm³/mol. The summed E-state index contributed by atoms with van der Waals surface area (Å²) < 4.78 is 0. The maximum absolute atomic E-state index is 9.21. The lowest BCUT2D eigenvalue weighted by molar-refractivity contribution is 0.475. The molecule has 0 aliphatic rings. The molecule has 0 fully saturated rings. The molecule has 0 unspecified atom stereocenters. The van der Waals surface area contributed by atoms with Crippen molar-refractivity contribution in [3.8, 4) is 11.5 Å². The minimum atomic E-state index is 0.174. The normalized spacial score (nSPS) is 11.2. The van der Waals surface area contributed by atoms with Crippen LogP contribution < -0.4 is 0 Å². The van der Waals surface area contributed by atoms with Crippen LogP contribution in [0.4, 0.5) is 5.69 Å². The number of hydrogen-bond donors (Lipinski definition) is 3. The Hall–Kier alpha value is -2.62. The van der Waals surface area contributed by atoms with E-state index >= 15 is 0 Å². The van der Waals surface area contributed by atoms with E-state index in [1.54, 1.807) is 36.4 Å². The summed E-state index contributed by atoms with van der Waals surface area (Å²) in [6.45, 7) is 0. The third-order valence-corrected chi connectivity index (χ3v) is 2.40. The summed E-state index contributed by atoms with van der Waals surface area (Å²) in [5.74, 6) is 0.350. The Kier molecular flexibility index (Phi) is 3.38. The number of nitrogens with one attached hydrogen (secondary N) is 1. The summed E-state index contributed by atoms with van der Waals surface area (Å²) in [7, 11) is 0. The van der Waals surface area contributed by atoms with E-state index in [9.17, 15) is 10.2 Å². The van der Waals surface area contributed by atoms with Crippen LogP contribution in [0.15, 0.2) is 53.5 Å². The van der Waals surface area contributed by atoms with Crippen molar-refractivity contribution in [2.24, 2.45) is 4.99 Å². The molecule has 0 heterocycles. The van der Waals surface area contributed by atoms with Crippen LogP contribution in [0.25, 0.3) is 0 Å². The van der Waals surface area contributed by atoms with Crippen molar-refractivity contribution in [1.29, 1.82) is 5.41 Å². The number of rotatable bonds is 3. The van der Waals surface area contributed by atoms with Gasteiger partial charge in [0.25, 0.3) is 0 Å². The Morgan fingerprint density at radius 2 is 1.39 bits per heavy atom. The van der Waals surface area contributed by atoms with E-state index in [0.717, 1.165) is 11.8 Å². The van der Waals surface area contributed by atoms with E-state index in [4.69, 9.17) is 5.41 Å². The molecule has 0 spiro atoms. The number of aliphatic imine (C=N–C) groups is 1. The Balaban J connectivity index is 2.36. The van der Waals surface area contributed by atoms with Crippen LogP contribution in [0.1, 0.15) is 5.56 Å². The number of phenolic OH excluding ortho intramolecular Hbond substituents is 2. The van der Waals surface area contributed by atoms with Crippen LogP contribution in [0, 0.1) is 5.41 Å². The quantitative estimate of drug-likeness (QED) is 0.721. The van der Waals surface area contributed by atoms with Gasteiger partial charge in [-0.15, -0.1) is 0 Å². The molecule has 0 atom stereocenters. The molecular weight excluding hydrogens is 228 g/mol. The molecule has 0 bridgehead atoms. The molecule has 0 aromatic heterocycles.